The molecule has 0 bridgehead atoms. The van der Waals surface area contributed by atoms with Gasteiger partial charge in [0.05, 0.1) is 19.7 Å². The fraction of sp³-hybridized carbons (Fsp3) is 0.571. The predicted molar refractivity (Wildman–Crippen MR) is 113 cm³/mol. The summed E-state index contributed by atoms with van der Waals surface area (Å²) in [5.74, 6) is 2.98. The van der Waals surface area contributed by atoms with E-state index in [1.54, 1.807) is 7.11 Å². The molecule has 2 heterocycles. The first-order valence-electron chi connectivity index (χ1n) is 10.4. The summed E-state index contributed by atoms with van der Waals surface area (Å²) >= 11 is 0. The Balaban J connectivity index is 1.66. The maximum absolute atomic E-state index is 5.43. The van der Waals surface area contributed by atoms with Crippen LogP contribution in [0.5, 0.6) is 5.75 Å². The van der Waals surface area contributed by atoms with Gasteiger partial charge in [-0.25, -0.2) is 0 Å². The molecule has 1 saturated heterocycles. The largest absolute Gasteiger partial charge is 0.497 e. The number of nitrogens with zero attached hydrogens (tertiary/aromatic N) is 4. The molecule has 1 unspecified atom stereocenters. The van der Waals surface area contributed by atoms with Crippen molar-refractivity contribution in [2.24, 2.45) is 4.99 Å². The second kappa shape index (κ2) is 10.8. The van der Waals surface area contributed by atoms with Gasteiger partial charge in [-0.15, -0.1) is 0 Å². The highest BCUT2D eigenvalue weighted by Gasteiger charge is 2.23. The van der Waals surface area contributed by atoms with E-state index in [1.165, 1.54) is 18.4 Å². The minimum absolute atomic E-state index is 0.238. The topological polar surface area (TPSA) is 87.8 Å². The number of nitrogens with one attached hydrogen (secondary N) is 2. The zero-order chi connectivity index (χ0) is 20.5. The molecule has 0 spiro atoms. The number of aromatic nitrogens is 2. The standard InChI is InChI=1S/C21H32N6O2/c1-4-22-21(23-11-10-20-25-16(2)26-29-20)24-15-19(27-12-5-6-13-27)17-8-7-9-18(14-17)28-3/h7-9,14,19H,4-6,10-13,15H2,1-3H3,(H2,22,23,24). The Morgan fingerprint density at radius 2 is 2.14 bits per heavy atom. The summed E-state index contributed by atoms with van der Waals surface area (Å²) in [6.07, 6.45) is 3.15. The monoisotopic (exact) mass is 400 g/mol. The van der Waals surface area contributed by atoms with E-state index >= 15 is 0 Å². The molecule has 1 atom stereocenters. The molecule has 1 aliphatic heterocycles. The van der Waals surface area contributed by atoms with Gasteiger partial charge in [-0.3, -0.25) is 9.89 Å². The van der Waals surface area contributed by atoms with Crippen molar-refractivity contribution in [2.75, 3.05) is 39.8 Å². The summed E-state index contributed by atoms with van der Waals surface area (Å²) < 4.78 is 10.6. The molecule has 0 radical (unpaired) electrons. The first-order valence-corrected chi connectivity index (χ1v) is 10.4. The van der Waals surface area contributed by atoms with Gasteiger partial charge in [0.1, 0.15) is 5.75 Å². The molecule has 158 valence electrons. The fourth-order valence-electron chi connectivity index (χ4n) is 3.58. The van der Waals surface area contributed by atoms with Crippen molar-refractivity contribution >= 4 is 5.96 Å². The normalized spacial score (nSPS) is 16.0. The smallest absolute Gasteiger partial charge is 0.228 e. The van der Waals surface area contributed by atoms with Crippen LogP contribution in [0.15, 0.2) is 33.8 Å². The second-order valence-electron chi connectivity index (χ2n) is 7.17. The number of methoxy groups -OCH3 is 1. The van der Waals surface area contributed by atoms with Crippen LogP contribution in [0.2, 0.25) is 0 Å². The average molecular weight is 401 g/mol. The summed E-state index contributed by atoms with van der Waals surface area (Å²) in [6, 6.07) is 8.56. The van der Waals surface area contributed by atoms with E-state index in [4.69, 9.17) is 14.3 Å². The van der Waals surface area contributed by atoms with Crippen molar-refractivity contribution in [2.45, 2.75) is 39.2 Å². The van der Waals surface area contributed by atoms with Gasteiger partial charge in [-0.2, -0.15) is 4.98 Å². The van der Waals surface area contributed by atoms with Gasteiger partial charge >= 0.3 is 0 Å². The van der Waals surface area contributed by atoms with Crippen LogP contribution < -0.4 is 15.4 Å². The number of hydrogen-bond acceptors (Lipinski definition) is 6. The van der Waals surface area contributed by atoms with Crippen LogP contribution in [0.1, 0.15) is 43.1 Å². The highest BCUT2D eigenvalue weighted by atomic mass is 16.5. The third-order valence-corrected chi connectivity index (χ3v) is 5.03. The van der Waals surface area contributed by atoms with Gasteiger partial charge in [0.25, 0.3) is 0 Å². The molecule has 1 fully saturated rings. The van der Waals surface area contributed by atoms with E-state index in [1.807, 2.05) is 13.0 Å². The number of aryl methyl sites for hydroxylation is 1. The van der Waals surface area contributed by atoms with E-state index in [-0.39, 0.29) is 6.04 Å². The Kier molecular flexibility index (Phi) is 7.86. The molecule has 2 N–H and O–H groups in total. The van der Waals surface area contributed by atoms with Crippen molar-refractivity contribution in [3.8, 4) is 5.75 Å². The number of hydrogen-bond donors (Lipinski definition) is 2. The highest BCUT2D eigenvalue weighted by Crippen LogP contribution is 2.27. The van der Waals surface area contributed by atoms with E-state index in [2.05, 4.69) is 50.8 Å². The predicted octanol–water partition coefficient (Wildman–Crippen LogP) is 2.32. The molecule has 8 heteroatoms. The molecule has 0 amide bonds. The second-order valence-corrected chi connectivity index (χ2v) is 7.17. The van der Waals surface area contributed by atoms with Crippen molar-refractivity contribution in [1.82, 2.24) is 25.7 Å². The third kappa shape index (κ3) is 6.19. The summed E-state index contributed by atoms with van der Waals surface area (Å²) in [5, 5.41) is 10.5. The fourth-order valence-corrected chi connectivity index (χ4v) is 3.58. The minimum Gasteiger partial charge on any atom is -0.497 e. The van der Waals surface area contributed by atoms with Crippen molar-refractivity contribution < 1.29 is 9.26 Å². The summed E-state index contributed by atoms with van der Waals surface area (Å²) in [7, 11) is 1.71. The van der Waals surface area contributed by atoms with Gasteiger partial charge < -0.3 is 19.9 Å². The molecule has 3 rings (SSSR count). The van der Waals surface area contributed by atoms with Crippen molar-refractivity contribution in [1.29, 1.82) is 0 Å². The Labute approximate surface area is 172 Å². The lowest BCUT2D eigenvalue weighted by Crippen LogP contribution is -2.39. The number of ether oxygens (including phenoxy) is 1. The van der Waals surface area contributed by atoms with Crippen LogP contribution in [0, 0.1) is 6.92 Å². The zero-order valence-corrected chi connectivity index (χ0v) is 17.6. The summed E-state index contributed by atoms with van der Waals surface area (Å²) in [4.78, 5) is 11.6. The number of likely N-dealkylation sites (tertiary alicyclic amines) is 1. The lowest BCUT2D eigenvalue weighted by molar-refractivity contribution is 0.251. The lowest BCUT2D eigenvalue weighted by Gasteiger charge is -2.27. The first kappa shape index (κ1) is 21.1. The molecule has 2 aromatic rings. The minimum atomic E-state index is 0.238. The number of rotatable bonds is 9. The molecular weight excluding hydrogens is 368 g/mol. The van der Waals surface area contributed by atoms with Crippen LogP contribution in [0.25, 0.3) is 0 Å². The third-order valence-electron chi connectivity index (χ3n) is 5.03. The highest BCUT2D eigenvalue weighted by molar-refractivity contribution is 5.79. The summed E-state index contributed by atoms with van der Waals surface area (Å²) in [6.45, 7) is 8.28. The first-order chi connectivity index (χ1) is 14.2. The lowest BCUT2D eigenvalue weighted by atomic mass is 10.1. The Bertz CT molecular complexity index is 785. The SMILES string of the molecule is CCNC(=NCC(c1cccc(OC)c1)N1CCCC1)NCCc1nc(C)no1. The molecule has 1 aliphatic rings. The van der Waals surface area contributed by atoms with Crippen LogP contribution in [-0.4, -0.2) is 60.8 Å². The quantitative estimate of drug-likeness (QED) is 0.493. The molecule has 8 nitrogen and oxygen atoms in total. The van der Waals surface area contributed by atoms with Gasteiger partial charge in [-0.1, -0.05) is 17.3 Å². The van der Waals surface area contributed by atoms with Gasteiger partial charge in [0.2, 0.25) is 5.89 Å². The Morgan fingerprint density at radius 3 is 2.83 bits per heavy atom. The number of aliphatic imine (C=N–C) groups is 1. The van der Waals surface area contributed by atoms with E-state index in [0.717, 1.165) is 31.3 Å². The van der Waals surface area contributed by atoms with E-state index < -0.39 is 0 Å². The van der Waals surface area contributed by atoms with Gasteiger partial charge in [0, 0.05) is 19.5 Å². The molecule has 1 aromatic heterocycles. The van der Waals surface area contributed by atoms with Gasteiger partial charge in [0.15, 0.2) is 11.8 Å². The van der Waals surface area contributed by atoms with Crippen molar-refractivity contribution in [3.63, 3.8) is 0 Å². The van der Waals surface area contributed by atoms with Crippen LogP contribution in [0.3, 0.4) is 0 Å². The number of guanidine groups is 1. The molecule has 0 aliphatic carbocycles. The molecule has 0 saturated carbocycles. The molecular formula is C21H32N6O2. The Hall–Kier alpha value is -2.61. The number of benzene rings is 1. The van der Waals surface area contributed by atoms with Crippen LogP contribution in [0.4, 0.5) is 0 Å². The zero-order valence-electron chi connectivity index (χ0n) is 17.6. The maximum atomic E-state index is 5.43. The molecule has 29 heavy (non-hydrogen) atoms. The van der Waals surface area contributed by atoms with Gasteiger partial charge in [-0.05, 0) is 57.5 Å². The molecule has 1 aromatic carbocycles. The van der Waals surface area contributed by atoms with Crippen LogP contribution in [-0.2, 0) is 6.42 Å². The average Bonchev–Trinajstić information content (AvgIpc) is 3.40. The van der Waals surface area contributed by atoms with Crippen LogP contribution >= 0.6 is 0 Å². The van der Waals surface area contributed by atoms with Crippen molar-refractivity contribution in [3.05, 3.63) is 41.5 Å². The Morgan fingerprint density at radius 1 is 1.31 bits per heavy atom. The summed E-state index contributed by atoms with van der Waals surface area (Å²) in [5.41, 5.74) is 1.24. The maximum Gasteiger partial charge on any atom is 0.228 e. The van der Waals surface area contributed by atoms with E-state index in [9.17, 15) is 0 Å². The van der Waals surface area contributed by atoms with E-state index in [0.29, 0.717) is 31.2 Å².